The van der Waals surface area contributed by atoms with E-state index < -0.39 is 0 Å². The molecule has 1 amide bonds. The maximum absolute atomic E-state index is 12.8. The van der Waals surface area contributed by atoms with Gasteiger partial charge in [0, 0.05) is 37.9 Å². The molecule has 5 heteroatoms. The first kappa shape index (κ1) is 18.0. The summed E-state index contributed by atoms with van der Waals surface area (Å²) in [7, 11) is 0. The highest BCUT2D eigenvalue weighted by atomic mass is 16.5. The third-order valence-electron chi connectivity index (χ3n) is 4.90. The Morgan fingerprint density at radius 1 is 0.929 bits per heavy atom. The third kappa shape index (κ3) is 4.14. The number of benzene rings is 2. The number of piperazine rings is 1. The molecular weight excluding hydrogens is 350 g/mol. The summed E-state index contributed by atoms with van der Waals surface area (Å²) in [5, 5.41) is 0. The summed E-state index contributed by atoms with van der Waals surface area (Å²) in [6, 6.07) is 19.3. The number of aromatic nitrogens is 1. The molecule has 2 aromatic carbocycles. The molecule has 0 spiro atoms. The minimum Gasteiger partial charge on any atom is -0.457 e. The van der Waals surface area contributed by atoms with Crippen molar-refractivity contribution in [3.63, 3.8) is 0 Å². The van der Waals surface area contributed by atoms with E-state index in [0.29, 0.717) is 18.7 Å². The van der Waals surface area contributed by atoms with Gasteiger partial charge >= 0.3 is 0 Å². The van der Waals surface area contributed by atoms with Crippen molar-refractivity contribution >= 4 is 11.6 Å². The molecule has 0 unspecified atom stereocenters. The Kier molecular flexibility index (Phi) is 5.24. The van der Waals surface area contributed by atoms with Crippen LogP contribution >= 0.6 is 0 Å². The third-order valence-corrected chi connectivity index (χ3v) is 4.90. The standard InChI is InChI=1S/C23H23N3O2/c1-18-4-2-6-22(16-18)28-21-9-7-19(8-10-21)23(27)26-14-12-25(13-15-26)20-5-3-11-24-17-20/h2-11,16-17H,12-15H2,1H3. The molecule has 28 heavy (non-hydrogen) atoms. The van der Waals surface area contributed by atoms with Crippen molar-refractivity contribution in [1.29, 1.82) is 0 Å². The first-order valence-corrected chi connectivity index (χ1v) is 9.48. The van der Waals surface area contributed by atoms with Gasteiger partial charge in [0.15, 0.2) is 0 Å². The van der Waals surface area contributed by atoms with E-state index in [1.54, 1.807) is 6.20 Å². The zero-order chi connectivity index (χ0) is 19.3. The lowest BCUT2D eigenvalue weighted by Crippen LogP contribution is -2.48. The van der Waals surface area contributed by atoms with Crippen molar-refractivity contribution in [3.05, 3.63) is 84.2 Å². The normalized spacial score (nSPS) is 14.0. The molecule has 1 fully saturated rings. The molecule has 4 rings (SSSR count). The number of pyridine rings is 1. The van der Waals surface area contributed by atoms with E-state index in [2.05, 4.69) is 16.0 Å². The first-order chi connectivity index (χ1) is 13.7. The number of hydrogen-bond donors (Lipinski definition) is 0. The van der Waals surface area contributed by atoms with Crippen LogP contribution in [0, 0.1) is 6.92 Å². The maximum Gasteiger partial charge on any atom is 0.253 e. The second-order valence-electron chi connectivity index (χ2n) is 6.93. The number of hydrogen-bond acceptors (Lipinski definition) is 4. The van der Waals surface area contributed by atoms with Gasteiger partial charge in [0.2, 0.25) is 0 Å². The van der Waals surface area contributed by atoms with Gasteiger partial charge in [-0.1, -0.05) is 12.1 Å². The van der Waals surface area contributed by atoms with Gasteiger partial charge < -0.3 is 14.5 Å². The van der Waals surface area contributed by atoms with Gasteiger partial charge in [-0.25, -0.2) is 0 Å². The highest BCUT2D eigenvalue weighted by Gasteiger charge is 2.22. The number of nitrogens with zero attached hydrogens (tertiary/aromatic N) is 3. The molecule has 0 saturated carbocycles. The van der Waals surface area contributed by atoms with Crippen molar-refractivity contribution in [2.45, 2.75) is 6.92 Å². The lowest BCUT2D eigenvalue weighted by atomic mass is 10.1. The van der Waals surface area contributed by atoms with Crippen LogP contribution < -0.4 is 9.64 Å². The van der Waals surface area contributed by atoms with Gasteiger partial charge in [0.1, 0.15) is 11.5 Å². The van der Waals surface area contributed by atoms with Gasteiger partial charge in [-0.05, 0) is 61.0 Å². The average Bonchev–Trinajstić information content (AvgIpc) is 2.75. The van der Waals surface area contributed by atoms with Gasteiger partial charge in [-0.3, -0.25) is 9.78 Å². The number of ether oxygens (including phenoxy) is 1. The fourth-order valence-electron chi connectivity index (χ4n) is 3.37. The Hall–Kier alpha value is -3.34. The quantitative estimate of drug-likeness (QED) is 0.689. The Morgan fingerprint density at radius 2 is 1.71 bits per heavy atom. The lowest BCUT2D eigenvalue weighted by molar-refractivity contribution is 0.0747. The molecule has 142 valence electrons. The summed E-state index contributed by atoms with van der Waals surface area (Å²) in [6.45, 7) is 5.06. The number of anilines is 1. The van der Waals surface area contributed by atoms with Crippen molar-refractivity contribution < 1.29 is 9.53 Å². The lowest BCUT2D eigenvalue weighted by Gasteiger charge is -2.36. The zero-order valence-corrected chi connectivity index (χ0v) is 15.9. The Bertz CT molecular complexity index is 934. The second-order valence-corrected chi connectivity index (χ2v) is 6.93. The number of carbonyl (C=O) groups is 1. The molecule has 0 bridgehead atoms. The van der Waals surface area contributed by atoms with Crippen molar-refractivity contribution in [1.82, 2.24) is 9.88 Å². The van der Waals surface area contributed by atoms with Crippen LogP contribution in [-0.4, -0.2) is 42.0 Å². The SMILES string of the molecule is Cc1cccc(Oc2ccc(C(=O)N3CCN(c4cccnc4)CC3)cc2)c1. The van der Waals surface area contributed by atoms with Gasteiger partial charge in [-0.2, -0.15) is 0 Å². The molecule has 2 heterocycles. The monoisotopic (exact) mass is 373 g/mol. The van der Waals surface area contributed by atoms with E-state index in [1.165, 1.54) is 0 Å². The van der Waals surface area contributed by atoms with E-state index in [1.807, 2.05) is 72.6 Å². The van der Waals surface area contributed by atoms with Crippen LogP contribution in [0.15, 0.2) is 73.1 Å². The summed E-state index contributed by atoms with van der Waals surface area (Å²) >= 11 is 0. The molecule has 0 radical (unpaired) electrons. The van der Waals surface area contributed by atoms with Gasteiger partial charge in [0.05, 0.1) is 11.9 Å². The fourth-order valence-corrected chi connectivity index (χ4v) is 3.37. The summed E-state index contributed by atoms with van der Waals surface area (Å²) in [5.74, 6) is 1.59. The van der Waals surface area contributed by atoms with Crippen LogP contribution in [-0.2, 0) is 0 Å². The highest BCUT2D eigenvalue weighted by Crippen LogP contribution is 2.23. The van der Waals surface area contributed by atoms with Crippen LogP contribution in [0.5, 0.6) is 11.5 Å². The summed E-state index contributed by atoms with van der Waals surface area (Å²) in [5.41, 5.74) is 2.94. The molecule has 1 saturated heterocycles. The minimum absolute atomic E-state index is 0.0629. The van der Waals surface area contributed by atoms with Crippen LogP contribution in [0.4, 0.5) is 5.69 Å². The van der Waals surface area contributed by atoms with E-state index >= 15 is 0 Å². The summed E-state index contributed by atoms with van der Waals surface area (Å²) in [6.07, 6.45) is 3.64. The fraction of sp³-hybridized carbons (Fsp3) is 0.217. The molecule has 0 aliphatic carbocycles. The van der Waals surface area contributed by atoms with E-state index in [0.717, 1.165) is 35.8 Å². The molecular formula is C23H23N3O2. The maximum atomic E-state index is 12.8. The zero-order valence-electron chi connectivity index (χ0n) is 15.9. The summed E-state index contributed by atoms with van der Waals surface area (Å²) in [4.78, 5) is 21.1. The number of carbonyl (C=O) groups excluding carboxylic acids is 1. The predicted molar refractivity (Wildman–Crippen MR) is 110 cm³/mol. The molecule has 1 aliphatic rings. The largest absolute Gasteiger partial charge is 0.457 e. The topological polar surface area (TPSA) is 45.7 Å². The smallest absolute Gasteiger partial charge is 0.253 e. The number of amides is 1. The second kappa shape index (κ2) is 8.13. The Morgan fingerprint density at radius 3 is 2.39 bits per heavy atom. The Balaban J connectivity index is 1.36. The molecule has 0 N–H and O–H groups in total. The van der Waals surface area contributed by atoms with Crippen molar-refractivity contribution in [3.8, 4) is 11.5 Å². The molecule has 5 nitrogen and oxygen atoms in total. The number of aryl methyl sites for hydroxylation is 1. The van der Waals surface area contributed by atoms with Crippen LogP contribution in [0.25, 0.3) is 0 Å². The predicted octanol–water partition coefficient (Wildman–Crippen LogP) is 4.14. The van der Waals surface area contributed by atoms with E-state index in [4.69, 9.17) is 4.74 Å². The highest BCUT2D eigenvalue weighted by molar-refractivity contribution is 5.94. The van der Waals surface area contributed by atoms with Crippen molar-refractivity contribution in [2.24, 2.45) is 0 Å². The molecule has 1 aromatic heterocycles. The van der Waals surface area contributed by atoms with E-state index in [-0.39, 0.29) is 5.91 Å². The average molecular weight is 373 g/mol. The van der Waals surface area contributed by atoms with E-state index in [9.17, 15) is 4.79 Å². The molecule has 3 aromatic rings. The van der Waals surface area contributed by atoms with Gasteiger partial charge in [0.25, 0.3) is 5.91 Å². The minimum atomic E-state index is 0.0629. The molecule has 1 aliphatic heterocycles. The van der Waals surface area contributed by atoms with Crippen LogP contribution in [0.2, 0.25) is 0 Å². The first-order valence-electron chi connectivity index (χ1n) is 9.48. The van der Waals surface area contributed by atoms with Crippen LogP contribution in [0.3, 0.4) is 0 Å². The van der Waals surface area contributed by atoms with Crippen LogP contribution in [0.1, 0.15) is 15.9 Å². The van der Waals surface area contributed by atoms with Crippen molar-refractivity contribution in [2.75, 3.05) is 31.1 Å². The Labute approximate surface area is 165 Å². The summed E-state index contributed by atoms with van der Waals surface area (Å²) < 4.78 is 5.86. The molecule has 0 atom stereocenters. The number of rotatable bonds is 4. The van der Waals surface area contributed by atoms with Gasteiger partial charge in [-0.15, -0.1) is 0 Å².